The first-order valence-electron chi connectivity index (χ1n) is 1.91. The topological polar surface area (TPSA) is 38.9 Å². The summed E-state index contributed by atoms with van der Waals surface area (Å²) in [5, 5.41) is 7.03. The predicted octanol–water partition coefficient (Wildman–Crippen LogP) is -2.44. The zero-order valence-electron chi connectivity index (χ0n) is 5.01. The molecule has 0 radical (unpaired) electrons. The van der Waals surface area contributed by atoms with Gasteiger partial charge in [0.1, 0.15) is 0 Å². The molecule has 0 aromatic carbocycles. The minimum absolute atomic E-state index is 0. The molecule has 4 heteroatoms. The van der Waals surface area contributed by atoms with Crippen LogP contribution in [0.25, 0.3) is 0 Å². The van der Waals surface area contributed by atoms with E-state index in [9.17, 15) is 0 Å². The summed E-state index contributed by atoms with van der Waals surface area (Å²) < 4.78 is 4.75. The molecule has 0 fully saturated rings. The molecule has 0 unspecified atom stereocenters. The maximum absolute atomic E-state index is 4.75. The second-order valence-corrected chi connectivity index (χ2v) is 1.21. The van der Waals surface area contributed by atoms with E-state index >= 15 is 0 Å². The normalized spacial score (nSPS) is 8.12. The quantitative estimate of drug-likeness (QED) is 0.294. The number of aryl methyl sites for hydroxylation is 1. The largest absolute Gasteiger partial charge is 1.00 e. The van der Waals surface area contributed by atoms with E-state index in [-0.39, 0.29) is 51.4 Å². The minimum atomic E-state index is 0. The Kier molecular flexibility index (Phi) is 3.92. The number of hydrogen-bond donors (Lipinski definition) is 0. The molecule has 0 N–H and O–H groups in total. The van der Waals surface area contributed by atoms with E-state index in [1.54, 1.807) is 6.92 Å². The fraction of sp³-hybridized carbons (Fsp3) is 0.250. The van der Waals surface area contributed by atoms with Gasteiger partial charge in [0.05, 0.1) is 5.89 Å². The standard InChI is InChI=1S/C4H5N2O.K/c1-3-5-6-4(2)7-3;/h1H2,2H3;/q-1;+1. The molecule has 0 bridgehead atoms. The average molecular weight is 136 g/mol. The molecule has 0 saturated carbocycles. The zero-order chi connectivity index (χ0) is 5.28. The first kappa shape index (κ1) is 8.65. The molecule has 0 amide bonds. The van der Waals surface area contributed by atoms with E-state index in [4.69, 9.17) is 4.42 Å². The van der Waals surface area contributed by atoms with Crippen molar-refractivity contribution in [3.05, 3.63) is 18.7 Å². The van der Waals surface area contributed by atoms with Gasteiger partial charge in [-0.2, -0.15) is 0 Å². The predicted molar refractivity (Wildman–Crippen MR) is 23.5 cm³/mol. The van der Waals surface area contributed by atoms with Crippen LogP contribution < -0.4 is 51.4 Å². The van der Waals surface area contributed by atoms with Crippen LogP contribution in [-0.2, 0) is 0 Å². The molecule has 8 heavy (non-hydrogen) atoms. The van der Waals surface area contributed by atoms with E-state index in [1.807, 2.05) is 0 Å². The molecular weight excluding hydrogens is 131 g/mol. The molecule has 1 aromatic rings. The second kappa shape index (κ2) is 3.63. The zero-order valence-corrected chi connectivity index (χ0v) is 8.13. The number of nitrogens with zero attached hydrogens (tertiary/aromatic N) is 2. The molecule has 0 aliphatic carbocycles. The molecule has 0 atom stereocenters. The first-order valence-corrected chi connectivity index (χ1v) is 1.91. The van der Waals surface area contributed by atoms with Crippen molar-refractivity contribution in [3.8, 4) is 0 Å². The first-order chi connectivity index (χ1) is 3.29. The van der Waals surface area contributed by atoms with Crippen molar-refractivity contribution >= 4 is 0 Å². The Morgan fingerprint density at radius 3 is 2.25 bits per heavy atom. The summed E-state index contributed by atoms with van der Waals surface area (Å²) in [5.41, 5.74) is 0. The van der Waals surface area contributed by atoms with Crippen molar-refractivity contribution in [3.63, 3.8) is 0 Å². The SMILES string of the molecule is [CH2-]c1nnc(C)o1.[K+]. The van der Waals surface area contributed by atoms with Gasteiger partial charge in [-0.15, -0.1) is 10.2 Å². The van der Waals surface area contributed by atoms with Gasteiger partial charge in [0, 0.05) is 6.92 Å². The smallest absolute Gasteiger partial charge is 0.456 e. The fourth-order valence-corrected chi connectivity index (χ4v) is 0.338. The Balaban J connectivity index is 0.000000490. The third kappa shape index (κ3) is 2.28. The average Bonchev–Trinajstić information content (AvgIpc) is 1.87. The van der Waals surface area contributed by atoms with Crippen molar-refractivity contribution in [2.75, 3.05) is 0 Å². The van der Waals surface area contributed by atoms with Crippen molar-refractivity contribution < 1.29 is 55.8 Å². The van der Waals surface area contributed by atoms with E-state index in [0.29, 0.717) is 11.8 Å². The van der Waals surface area contributed by atoms with Crippen LogP contribution >= 0.6 is 0 Å². The van der Waals surface area contributed by atoms with Gasteiger partial charge in [-0.25, -0.2) is 0 Å². The monoisotopic (exact) mass is 136 g/mol. The third-order valence-corrected chi connectivity index (χ3v) is 0.568. The van der Waals surface area contributed by atoms with Crippen LogP contribution in [0.4, 0.5) is 0 Å². The summed E-state index contributed by atoms with van der Waals surface area (Å²) >= 11 is 0. The molecule has 1 heterocycles. The molecule has 0 aliphatic heterocycles. The molecule has 38 valence electrons. The summed E-state index contributed by atoms with van der Waals surface area (Å²) in [4.78, 5) is 0. The Morgan fingerprint density at radius 1 is 1.50 bits per heavy atom. The molecular formula is C4H5KN2O. The third-order valence-electron chi connectivity index (χ3n) is 0.568. The minimum Gasteiger partial charge on any atom is -0.456 e. The molecule has 0 saturated heterocycles. The summed E-state index contributed by atoms with van der Waals surface area (Å²) in [6.07, 6.45) is 0. The van der Waals surface area contributed by atoms with Crippen LogP contribution in [0.15, 0.2) is 4.42 Å². The van der Waals surface area contributed by atoms with Gasteiger partial charge in [0.15, 0.2) is 0 Å². The summed E-state index contributed by atoms with van der Waals surface area (Å²) in [7, 11) is 0. The van der Waals surface area contributed by atoms with Crippen molar-refractivity contribution in [2.45, 2.75) is 6.92 Å². The molecule has 1 rings (SSSR count). The Labute approximate surface area is 90.3 Å². The van der Waals surface area contributed by atoms with Crippen molar-refractivity contribution in [1.82, 2.24) is 10.2 Å². The van der Waals surface area contributed by atoms with Crippen LogP contribution in [0.5, 0.6) is 0 Å². The van der Waals surface area contributed by atoms with Crippen LogP contribution in [0, 0.1) is 13.8 Å². The number of rotatable bonds is 0. The second-order valence-electron chi connectivity index (χ2n) is 1.21. The Hall–Kier alpha value is 0.646. The van der Waals surface area contributed by atoms with Gasteiger partial charge < -0.3 is 11.3 Å². The Bertz CT molecular complexity index is 146. The number of hydrogen-bond acceptors (Lipinski definition) is 3. The molecule has 0 aliphatic rings. The van der Waals surface area contributed by atoms with Crippen LogP contribution in [0.1, 0.15) is 11.8 Å². The van der Waals surface area contributed by atoms with Gasteiger partial charge in [0.25, 0.3) is 0 Å². The molecule has 1 aromatic heterocycles. The van der Waals surface area contributed by atoms with E-state index < -0.39 is 0 Å². The maximum atomic E-state index is 4.75. The van der Waals surface area contributed by atoms with Gasteiger partial charge >= 0.3 is 51.4 Å². The number of aromatic nitrogens is 2. The van der Waals surface area contributed by atoms with Gasteiger partial charge in [0.2, 0.25) is 5.89 Å². The van der Waals surface area contributed by atoms with E-state index in [0.717, 1.165) is 0 Å². The van der Waals surface area contributed by atoms with Crippen molar-refractivity contribution in [1.29, 1.82) is 0 Å². The van der Waals surface area contributed by atoms with E-state index in [1.165, 1.54) is 0 Å². The van der Waals surface area contributed by atoms with E-state index in [2.05, 4.69) is 17.1 Å². The molecule has 3 nitrogen and oxygen atoms in total. The van der Waals surface area contributed by atoms with Gasteiger partial charge in [-0.05, 0) is 0 Å². The molecule has 0 spiro atoms. The maximum Gasteiger partial charge on any atom is 1.00 e. The summed E-state index contributed by atoms with van der Waals surface area (Å²) in [6.45, 7) is 5.12. The van der Waals surface area contributed by atoms with Crippen LogP contribution in [0.2, 0.25) is 0 Å². The summed E-state index contributed by atoms with van der Waals surface area (Å²) in [5.74, 6) is 0.933. The van der Waals surface area contributed by atoms with Crippen LogP contribution in [-0.4, -0.2) is 10.2 Å². The van der Waals surface area contributed by atoms with Gasteiger partial charge in [-0.1, -0.05) is 0 Å². The van der Waals surface area contributed by atoms with Gasteiger partial charge in [-0.3, -0.25) is 0 Å². The fourth-order valence-electron chi connectivity index (χ4n) is 0.338. The Morgan fingerprint density at radius 2 is 2.12 bits per heavy atom. The van der Waals surface area contributed by atoms with Crippen molar-refractivity contribution in [2.24, 2.45) is 0 Å². The van der Waals surface area contributed by atoms with Crippen LogP contribution in [0.3, 0.4) is 0 Å². The summed E-state index contributed by atoms with van der Waals surface area (Å²) in [6, 6.07) is 0.